The predicted molar refractivity (Wildman–Crippen MR) is 92.3 cm³/mol. The highest BCUT2D eigenvalue weighted by molar-refractivity contribution is 5.95. The van der Waals surface area contributed by atoms with Gasteiger partial charge in [0.05, 0.1) is 22.3 Å². The van der Waals surface area contributed by atoms with Crippen LogP contribution in [0.1, 0.15) is 18.1 Å². The van der Waals surface area contributed by atoms with Gasteiger partial charge in [-0.15, -0.1) is 0 Å². The normalized spacial score (nSPS) is 11.5. The summed E-state index contributed by atoms with van der Waals surface area (Å²) in [6.45, 7) is 2.31. The van der Waals surface area contributed by atoms with Gasteiger partial charge < -0.3 is 9.88 Å². The van der Waals surface area contributed by atoms with Crippen LogP contribution >= 0.6 is 0 Å². The van der Waals surface area contributed by atoms with Crippen molar-refractivity contribution in [2.75, 3.05) is 12.4 Å². The second-order valence-corrected chi connectivity index (χ2v) is 5.64. The zero-order valence-electron chi connectivity index (χ0n) is 13.8. The van der Waals surface area contributed by atoms with Gasteiger partial charge >= 0.3 is 6.18 Å². The smallest absolute Gasteiger partial charge is 0.388 e. The third-order valence-electron chi connectivity index (χ3n) is 4.27. The molecule has 0 atom stereocenters. The van der Waals surface area contributed by atoms with E-state index in [2.05, 4.69) is 11.4 Å². The number of aryl methyl sites for hydroxylation is 1. The summed E-state index contributed by atoms with van der Waals surface area (Å²) in [7, 11) is 1.80. The topological polar surface area (TPSA) is 40.8 Å². The van der Waals surface area contributed by atoms with Crippen LogP contribution in [0.2, 0.25) is 0 Å². The molecule has 1 N–H and O–H groups in total. The highest BCUT2D eigenvalue weighted by atomic mass is 19.4. The average Bonchev–Trinajstić information content (AvgIpc) is 2.93. The Morgan fingerprint density at radius 2 is 1.80 bits per heavy atom. The SMILES string of the molecule is CCn1c(-c2ccc(NC)cc2)c(C#N)c2ccc(C(F)(F)F)cc21. The number of halogens is 3. The predicted octanol–water partition coefficient (Wildman–Crippen LogP) is 5.26. The third kappa shape index (κ3) is 2.82. The van der Waals surface area contributed by atoms with Gasteiger partial charge in [0, 0.05) is 24.7 Å². The second-order valence-electron chi connectivity index (χ2n) is 5.64. The van der Waals surface area contributed by atoms with Gasteiger partial charge in [0.1, 0.15) is 6.07 Å². The van der Waals surface area contributed by atoms with Crippen molar-refractivity contribution < 1.29 is 13.2 Å². The summed E-state index contributed by atoms with van der Waals surface area (Å²) in [6, 6.07) is 13.1. The molecule has 3 aromatic rings. The molecule has 0 aliphatic carbocycles. The molecule has 0 saturated carbocycles. The van der Waals surface area contributed by atoms with E-state index in [1.165, 1.54) is 6.07 Å². The van der Waals surface area contributed by atoms with E-state index in [0.29, 0.717) is 28.7 Å². The van der Waals surface area contributed by atoms with Gasteiger partial charge in [-0.1, -0.05) is 18.2 Å². The summed E-state index contributed by atoms with van der Waals surface area (Å²) in [5, 5.41) is 13.2. The molecule has 25 heavy (non-hydrogen) atoms. The van der Waals surface area contributed by atoms with Crippen molar-refractivity contribution in [1.82, 2.24) is 4.57 Å². The van der Waals surface area contributed by atoms with Crippen LogP contribution in [-0.4, -0.2) is 11.6 Å². The summed E-state index contributed by atoms with van der Waals surface area (Å²) >= 11 is 0. The minimum Gasteiger partial charge on any atom is -0.388 e. The lowest BCUT2D eigenvalue weighted by Crippen LogP contribution is -2.05. The molecule has 6 heteroatoms. The van der Waals surface area contributed by atoms with Gasteiger partial charge in [0.15, 0.2) is 0 Å². The molecule has 2 aromatic carbocycles. The average molecular weight is 343 g/mol. The molecule has 0 radical (unpaired) electrons. The standard InChI is InChI=1S/C19H16F3N3/c1-3-25-17-10-13(19(20,21)22)6-9-15(17)16(11-23)18(25)12-4-7-14(24-2)8-5-12/h4-10,24H,3H2,1-2H3. The van der Waals surface area contributed by atoms with Crippen molar-refractivity contribution in [3.63, 3.8) is 0 Å². The molecule has 3 nitrogen and oxygen atoms in total. The van der Waals surface area contributed by atoms with Crippen molar-refractivity contribution in [2.24, 2.45) is 0 Å². The van der Waals surface area contributed by atoms with Gasteiger partial charge in [-0.25, -0.2) is 0 Å². The van der Waals surface area contributed by atoms with Crippen LogP contribution in [0.5, 0.6) is 0 Å². The number of aromatic nitrogens is 1. The van der Waals surface area contributed by atoms with Crippen LogP contribution in [0.4, 0.5) is 18.9 Å². The van der Waals surface area contributed by atoms with E-state index in [9.17, 15) is 18.4 Å². The number of nitrogens with zero attached hydrogens (tertiary/aromatic N) is 2. The molecular formula is C19H16F3N3. The number of anilines is 1. The van der Waals surface area contributed by atoms with Crippen LogP contribution < -0.4 is 5.32 Å². The summed E-state index contributed by atoms with van der Waals surface area (Å²) < 4.78 is 41.0. The molecule has 0 spiro atoms. The minimum absolute atomic E-state index is 0.391. The molecule has 0 bridgehead atoms. The Balaban J connectivity index is 2.32. The van der Waals surface area contributed by atoms with E-state index in [1.54, 1.807) is 11.6 Å². The first kappa shape index (κ1) is 16.9. The van der Waals surface area contributed by atoms with Crippen LogP contribution in [0, 0.1) is 11.3 Å². The molecule has 0 aliphatic rings. The number of nitrogens with one attached hydrogen (secondary N) is 1. The van der Waals surface area contributed by atoms with Crippen molar-refractivity contribution in [3.05, 3.63) is 53.6 Å². The Morgan fingerprint density at radius 3 is 2.32 bits per heavy atom. The lowest BCUT2D eigenvalue weighted by atomic mass is 10.0. The molecule has 0 fully saturated rings. The maximum atomic E-state index is 13.1. The summed E-state index contributed by atoms with van der Waals surface area (Å²) in [6.07, 6.45) is -4.42. The van der Waals surface area contributed by atoms with Crippen molar-refractivity contribution in [2.45, 2.75) is 19.6 Å². The number of benzene rings is 2. The monoisotopic (exact) mass is 343 g/mol. The quantitative estimate of drug-likeness (QED) is 0.705. The van der Waals surface area contributed by atoms with Gasteiger partial charge in [-0.05, 0) is 36.8 Å². The van der Waals surface area contributed by atoms with E-state index < -0.39 is 11.7 Å². The second kappa shape index (κ2) is 6.17. The van der Waals surface area contributed by atoms with E-state index in [-0.39, 0.29) is 0 Å². The Bertz CT molecular complexity index is 961. The zero-order valence-corrected chi connectivity index (χ0v) is 13.8. The first-order chi connectivity index (χ1) is 11.9. The molecule has 128 valence electrons. The fraction of sp³-hybridized carbons (Fsp3) is 0.211. The van der Waals surface area contributed by atoms with Crippen LogP contribution in [-0.2, 0) is 12.7 Å². The molecular weight excluding hydrogens is 327 g/mol. The number of hydrogen-bond acceptors (Lipinski definition) is 2. The summed E-state index contributed by atoms with van der Waals surface area (Å²) in [5.41, 5.74) is 2.45. The number of hydrogen-bond donors (Lipinski definition) is 1. The zero-order chi connectivity index (χ0) is 18.2. The first-order valence-corrected chi connectivity index (χ1v) is 7.82. The van der Waals surface area contributed by atoms with Gasteiger partial charge in [0.25, 0.3) is 0 Å². The Hall–Kier alpha value is -2.94. The lowest BCUT2D eigenvalue weighted by Gasteiger charge is -2.11. The Morgan fingerprint density at radius 1 is 1.12 bits per heavy atom. The molecule has 0 aliphatic heterocycles. The third-order valence-corrected chi connectivity index (χ3v) is 4.27. The Kier molecular flexibility index (Phi) is 4.17. The van der Waals surface area contributed by atoms with Crippen LogP contribution in [0.25, 0.3) is 22.2 Å². The lowest BCUT2D eigenvalue weighted by molar-refractivity contribution is -0.137. The van der Waals surface area contributed by atoms with Gasteiger partial charge in [-0.3, -0.25) is 0 Å². The molecule has 3 rings (SSSR count). The highest BCUT2D eigenvalue weighted by Gasteiger charge is 2.31. The molecule has 0 unspecified atom stereocenters. The molecule has 0 amide bonds. The van der Waals surface area contributed by atoms with E-state index in [4.69, 9.17) is 0 Å². The van der Waals surface area contributed by atoms with Crippen molar-refractivity contribution >= 4 is 16.6 Å². The largest absolute Gasteiger partial charge is 0.416 e. The fourth-order valence-corrected chi connectivity index (χ4v) is 3.06. The van der Waals surface area contributed by atoms with E-state index in [0.717, 1.165) is 23.4 Å². The Labute approximate surface area is 143 Å². The van der Waals surface area contributed by atoms with Crippen LogP contribution in [0.15, 0.2) is 42.5 Å². The maximum absolute atomic E-state index is 13.1. The summed E-state index contributed by atoms with van der Waals surface area (Å²) in [5.74, 6) is 0. The molecule has 1 aromatic heterocycles. The minimum atomic E-state index is -4.42. The van der Waals surface area contributed by atoms with Crippen molar-refractivity contribution in [3.8, 4) is 17.3 Å². The number of rotatable bonds is 3. The number of alkyl halides is 3. The number of fused-ring (bicyclic) bond motifs is 1. The van der Waals surface area contributed by atoms with E-state index >= 15 is 0 Å². The fourth-order valence-electron chi connectivity index (χ4n) is 3.06. The van der Waals surface area contributed by atoms with E-state index in [1.807, 2.05) is 31.2 Å². The van der Waals surface area contributed by atoms with Crippen LogP contribution in [0.3, 0.4) is 0 Å². The number of nitriles is 1. The van der Waals surface area contributed by atoms with Crippen molar-refractivity contribution in [1.29, 1.82) is 5.26 Å². The highest BCUT2D eigenvalue weighted by Crippen LogP contribution is 2.37. The molecule has 0 saturated heterocycles. The first-order valence-electron chi connectivity index (χ1n) is 7.82. The molecule has 1 heterocycles. The van der Waals surface area contributed by atoms with Gasteiger partial charge in [-0.2, -0.15) is 18.4 Å². The maximum Gasteiger partial charge on any atom is 0.416 e. The summed E-state index contributed by atoms with van der Waals surface area (Å²) in [4.78, 5) is 0. The van der Waals surface area contributed by atoms with Gasteiger partial charge in [0.2, 0.25) is 0 Å².